The van der Waals surface area contributed by atoms with Gasteiger partial charge in [0.15, 0.2) is 5.78 Å². The van der Waals surface area contributed by atoms with Gasteiger partial charge in [-0.25, -0.2) is 4.98 Å². The van der Waals surface area contributed by atoms with E-state index in [9.17, 15) is 15.3 Å². The first-order valence-electron chi connectivity index (χ1n) is 8.68. The molecule has 148 valence electrons. The highest BCUT2D eigenvalue weighted by Gasteiger charge is 2.21. The summed E-state index contributed by atoms with van der Waals surface area (Å²) in [5, 5.41) is 20.1. The van der Waals surface area contributed by atoms with Gasteiger partial charge in [0.05, 0.1) is 18.4 Å². The fraction of sp³-hybridized carbons (Fsp3) is 0.0909. The highest BCUT2D eigenvalue weighted by Crippen LogP contribution is 2.36. The zero-order valence-corrected chi connectivity index (χ0v) is 17.4. The topological polar surface area (TPSA) is 113 Å². The van der Waals surface area contributed by atoms with Crippen LogP contribution in [0.2, 0.25) is 5.02 Å². The predicted molar refractivity (Wildman–Crippen MR) is 117 cm³/mol. The summed E-state index contributed by atoms with van der Waals surface area (Å²) < 4.78 is 5.16. The van der Waals surface area contributed by atoms with Crippen molar-refractivity contribution < 1.29 is 9.53 Å². The lowest BCUT2D eigenvalue weighted by atomic mass is 9.97. The second-order valence-corrected chi connectivity index (χ2v) is 7.50. The molecule has 0 aliphatic heterocycles. The fourth-order valence-electron chi connectivity index (χ4n) is 2.83. The van der Waals surface area contributed by atoms with E-state index in [-0.39, 0.29) is 33.5 Å². The number of ether oxygens (including phenoxy) is 1. The van der Waals surface area contributed by atoms with Crippen molar-refractivity contribution >= 4 is 35.0 Å². The molecule has 3 rings (SSSR count). The molecule has 2 aromatic carbocycles. The van der Waals surface area contributed by atoms with Crippen molar-refractivity contribution in [1.29, 1.82) is 10.5 Å². The summed E-state index contributed by atoms with van der Waals surface area (Å²) >= 11 is 7.04. The molecule has 30 heavy (non-hydrogen) atoms. The highest BCUT2D eigenvalue weighted by molar-refractivity contribution is 8.00. The third-order valence-corrected chi connectivity index (χ3v) is 5.49. The molecule has 6 nitrogen and oxygen atoms in total. The van der Waals surface area contributed by atoms with Crippen LogP contribution in [0.3, 0.4) is 0 Å². The van der Waals surface area contributed by atoms with Gasteiger partial charge in [-0.05, 0) is 29.8 Å². The second-order valence-electron chi connectivity index (χ2n) is 6.10. The first-order valence-corrected chi connectivity index (χ1v) is 10.0. The number of aromatic nitrogens is 1. The van der Waals surface area contributed by atoms with Gasteiger partial charge in [0.2, 0.25) is 0 Å². The molecule has 8 heteroatoms. The summed E-state index contributed by atoms with van der Waals surface area (Å²) in [7, 11) is 1.55. The average Bonchev–Trinajstić information content (AvgIpc) is 2.77. The Balaban J connectivity index is 2.01. The molecule has 2 N–H and O–H groups in total. The largest absolute Gasteiger partial charge is 0.497 e. The van der Waals surface area contributed by atoms with Gasteiger partial charge in [-0.3, -0.25) is 4.79 Å². The SMILES string of the molecule is COc1ccc(-c2c(C#N)c(N)nc(SCC(=O)c3cccc(Cl)c3)c2C#N)cc1. The number of nitrogens with two attached hydrogens (primary N) is 1. The van der Waals surface area contributed by atoms with Gasteiger partial charge in [-0.15, -0.1) is 0 Å². The zero-order chi connectivity index (χ0) is 21.7. The number of nitriles is 2. The molecule has 0 aliphatic rings. The maximum atomic E-state index is 12.5. The lowest BCUT2D eigenvalue weighted by Gasteiger charge is -2.13. The monoisotopic (exact) mass is 434 g/mol. The van der Waals surface area contributed by atoms with Gasteiger partial charge in [0, 0.05) is 16.1 Å². The van der Waals surface area contributed by atoms with Crippen LogP contribution in [0.15, 0.2) is 53.6 Å². The predicted octanol–water partition coefficient (Wildman–Crippen LogP) is 4.71. The van der Waals surface area contributed by atoms with Gasteiger partial charge < -0.3 is 10.5 Å². The van der Waals surface area contributed by atoms with Crippen LogP contribution in [0.5, 0.6) is 5.75 Å². The molecule has 0 saturated carbocycles. The molecule has 0 fully saturated rings. The third-order valence-electron chi connectivity index (χ3n) is 4.28. The number of pyridine rings is 1. The number of ketones is 1. The van der Waals surface area contributed by atoms with Gasteiger partial charge in [-0.2, -0.15) is 10.5 Å². The Bertz CT molecular complexity index is 1200. The van der Waals surface area contributed by atoms with E-state index >= 15 is 0 Å². The molecule has 1 aromatic heterocycles. The molecule has 0 bridgehead atoms. The molecule has 3 aromatic rings. The first-order chi connectivity index (χ1) is 14.5. The second kappa shape index (κ2) is 9.32. The number of halogens is 1. The number of anilines is 1. The van der Waals surface area contributed by atoms with Crippen LogP contribution < -0.4 is 10.5 Å². The molecular weight excluding hydrogens is 420 g/mol. The quantitative estimate of drug-likeness (QED) is 0.441. The van der Waals surface area contributed by atoms with E-state index in [0.29, 0.717) is 27.5 Å². The summed E-state index contributed by atoms with van der Waals surface area (Å²) in [6, 6.07) is 17.7. The summed E-state index contributed by atoms with van der Waals surface area (Å²) in [6.45, 7) is 0. The number of methoxy groups -OCH3 is 1. The minimum Gasteiger partial charge on any atom is -0.497 e. The van der Waals surface area contributed by atoms with E-state index in [1.54, 1.807) is 55.6 Å². The van der Waals surface area contributed by atoms with E-state index in [1.807, 2.05) is 6.07 Å². The van der Waals surface area contributed by atoms with Crippen LogP contribution in [-0.4, -0.2) is 23.6 Å². The van der Waals surface area contributed by atoms with Crippen molar-refractivity contribution in [2.24, 2.45) is 0 Å². The highest BCUT2D eigenvalue weighted by atomic mass is 35.5. The maximum absolute atomic E-state index is 12.5. The molecule has 0 amide bonds. The number of carbonyl (C=O) groups excluding carboxylic acids is 1. The Morgan fingerprint density at radius 2 is 1.87 bits per heavy atom. The summed E-state index contributed by atoms with van der Waals surface area (Å²) in [5.74, 6) is 0.511. The first kappa shape index (κ1) is 21.2. The maximum Gasteiger partial charge on any atom is 0.173 e. The van der Waals surface area contributed by atoms with Crippen LogP contribution in [0.4, 0.5) is 5.82 Å². The van der Waals surface area contributed by atoms with E-state index in [1.165, 1.54) is 0 Å². The van der Waals surface area contributed by atoms with Crippen LogP contribution in [0.1, 0.15) is 21.5 Å². The van der Waals surface area contributed by atoms with Crippen molar-refractivity contribution in [2.45, 2.75) is 5.03 Å². The minimum atomic E-state index is -0.165. The number of rotatable bonds is 6. The number of carbonyl (C=O) groups is 1. The number of benzene rings is 2. The van der Waals surface area contributed by atoms with Crippen LogP contribution in [-0.2, 0) is 0 Å². The summed E-state index contributed by atoms with van der Waals surface area (Å²) in [4.78, 5) is 16.7. The average molecular weight is 435 g/mol. The van der Waals surface area contributed by atoms with E-state index in [2.05, 4.69) is 11.1 Å². The summed E-state index contributed by atoms with van der Waals surface area (Å²) in [5.41, 5.74) is 7.78. The molecule has 0 saturated heterocycles. The van der Waals surface area contributed by atoms with E-state index < -0.39 is 0 Å². The Morgan fingerprint density at radius 3 is 2.47 bits per heavy atom. The number of Topliss-reactive ketones (excluding diaryl/α,β-unsaturated/α-hetero) is 1. The Labute approximate surface area is 182 Å². The smallest absolute Gasteiger partial charge is 0.173 e. The molecule has 0 aliphatic carbocycles. The molecular formula is C22H15ClN4O2S. The Kier molecular flexibility index (Phi) is 6.58. The normalized spacial score (nSPS) is 10.1. The minimum absolute atomic E-state index is 0.0000209. The van der Waals surface area contributed by atoms with Gasteiger partial charge in [0.25, 0.3) is 0 Å². The molecule has 0 atom stereocenters. The van der Waals surface area contributed by atoms with Crippen molar-refractivity contribution in [2.75, 3.05) is 18.6 Å². The van der Waals surface area contributed by atoms with Crippen LogP contribution >= 0.6 is 23.4 Å². The molecule has 0 spiro atoms. The number of nitrogen functional groups attached to an aromatic ring is 1. The van der Waals surface area contributed by atoms with Crippen molar-refractivity contribution in [1.82, 2.24) is 4.98 Å². The van der Waals surface area contributed by atoms with Gasteiger partial charge in [-0.1, -0.05) is 47.6 Å². The van der Waals surface area contributed by atoms with Crippen molar-refractivity contribution in [3.63, 3.8) is 0 Å². The van der Waals surface area contributed by atoms with Crippen molar-refractivity contribution in [3.8, 4) is 29.0 Å². The summed E-state index contributed by atoms with van der Waals surface area (Å²) in [6.07, 6.45) is 0. The van der Waals surface area contributed by atoms with Crippen LogP contribution in [0.25, 0.3) is 11.1 Å². The number of thioether (sulfide) groups is 1. The lowest BCUT2D eigenvalue weighted by molar-refractivity contribution is 0.102. The number of hydrogen-bond donors (Lipinski definition) is 1. The standard InChI is InChI=1S/C22H15ClN4O2S/c1-29-16-7-5-13(6-8-16)20-17(10-24)21(26)27-22(18(20)11-25)30-12-19(28)14-3-2-4-15(23)9-14/h2-9H,12H2,1H3,(H2,26,27). The van der Waals surface area contributed by atoms with E-state index in [4.69, 9.17) is 22.1 Å². The Morgan fingerprint density at radius 1 is 1.17 bits per heavy atom. The molecule has 0 radical (unpaired) electrons. The number of nitrogens with zero attached hydrogens (tertiary/aromatic N) is 3. The van der Waals surface area contributed by atoms with Crippen molar-refractivity contribution in [3.05, 3.63) is 70.2 Å². The molecule has 0 unspecified atom stereocenters. The van der Waals surface area contributed by atoms with Gasteiger partial charge >= 0.3 is 0 Å². The van der Waals surface area contributed by atoms with Crippen LogP contribution in [0, 0.1) is 22.7 Å². The molecule has 1 heterocycles. The van der Waals surface area contributed by atoms with E-state index in [0.717, 1.165) is 11.8 Å². The lowest BCUT2D eigenvalue weighted by Crippen LogP contribution is -2.06. The van der Waals surface area contributed by atoms with Gasteiger partial charge in [0.1, 0.15) is 34.3 Å². The zero-order valence-electron chi connectivity index (χ0n) is 15.8. The number of hydrogen-bond acceptors (Lipinski definition) is 7. The third kappa shape index (κ3) is 4.38. The fourth-order valence-corrected chi connectivity index (χ4v) is 3.91. The Hall–Kier alpha value is -3.52.